The Kier molecular flexibility index (Phi) is 3.82. The van der Waals surface area contributed by atoms with Crippen molar-refractivity contribution in [2.45, 2.75) is 19.3 Å². The maximum atomic E-state index is 11.2. The van der Waals surface area contributed by atoms with E-state index in [1.54, 1.807) is 0 Å². The molecule has 1 saturated heterocycles. The first-order chi connectivity index (χ1) is 6.24. The zero-order chi connectivity index (χ0) is 9.68. The van der Waals surface area contributed by atoms with Crippen molar-refractivity contribution in [2.75, 3.05) is 13.1 Å². The molecule has 1 fully saturated rings. The number of likely N-dealkylation sites (tertiary alicyclic amines) is 1. The lowest BCUT2D eigenvalue weighted by molar-refractivity contribution is 0.138. The van der Waals surface area contributed by atoms with Crippen LogP contribution in [0, 0.1) is 0 Å². The van der Waals surface area contributed by atoms with Gasteiger partial charge < -0.3 is 14.8 Å². The molecule has 1 rings (SSSR count). The number of hydrogen-bond donors (Lipinski definition) is 1. The second-order valence-electron chi connectivity index (χ2n) is 2.77. The van der Waals surface area contributed by atoms with Crippen LogP contribution in [0.25, 0.3) is 0 Å². The third kappa shape index (κ3) is 3.10. The molecule has 0 aliphatic carbocycles. The first-order valence-corrected chi connectivity index (χ1v) is 4.46. The number of hydrogen-bond acceptors (Lipinski definition) is 4. The molecular formula is C7H11ClN2O3. The molecular weight excluding hydrogens is 196 g/mol. The van der Waals surface area contributed by atoms with Gasteiger partial charge >= 0.3 is 11.5 Å². The van der Waals surface area contributed by atoms with Crippen molar-refractivity contribution in [1.29, 1.82) is 0 Å². The van der Waals surface area contributed by atoms with Crippen molar-refractivity contribution in [2.24, 2.45) is 5.16 Å². The van der Waals surface area contributed by atoms with E-state index in [1.165, 1.54) is 4.90 Å². The molecule has 0 aromatic rings. The van der Waals surface area contributed by atoms with E-state index in [0.29, 0.717) is 13.1 Å². The summed E-state index contributed by atoms with van der Waals surface area (Å²) in [7, 11) is 0. The monoisotopic (exact) mass is 206 g/mol. The average molecular weight is 207 g/mol. The van der Waals surface area contributed by atoms with Crippen LogP contribution < -0.4 is 0 Å². The van der Waals surface area contributed by atoms with Crippen LogP contribution in [0.3, 0.4) is 0 Å². The van der Waals surface area contributed by atoms with Crippen LogP contribution in [-0.2, 0) is 4.74 Å². The highest BCUT2D eigenvalue weighted by Gasteiger charge is 2.19. The lowest BCUT2D eigenvalue weighted by atomic mass is 10.1. The van der Waals surface area contributed by atoms with Crippen LogP contribution in [0.4, 0.5) is 4.79 Å². The molecule has 5 nitrogen and oxygen atoms in total. The Balaban J connectivity index is 2.37. The second-order valence-corrected chi connectivity index (χ2v) is 3.09. The van der Waals surface area contributed by atoms with Crippen LogP contribution in [0.1, 0.15) is 19.3 Å². The van der Waals surface area contributed by atoms with Crippen LogP contribution in [0.2, 0.25) is 0 Å². The third-order valence-electron chi connectivity index (χ3n) is 1.86. The van der Waals surface area contributed by atoms with E-state index < -0.39 is 11.5 Å². The van der Waals surface area contributed by atoms with Crippen molar-refractivity contribution in [3.8, 4) is 0 Å². The molecule has 1 heterocycles. The quantitative estimate of drug-likeness (QED) is 0.283. The van der Waals surface area contributed by atoms with Gasteiger partial charge in [-0.3, -0.25) is 0 Å². The van der Waals surface area contributed by atoms with Gasteiger partial charge in [-0.2, -0.15) is 0 Å². The number of rotatable bonds is 0. The Morgan fingerprint density at radius 3 is 2.54 bits per heavy atom. The molecule has 1 N–H and O–H groups in total. The molecule has 0 saturated carbocycles. The molecule has 0 bridgehead atoms. The van der Waals surface area contributed by atoms with Gasteiger partial charge in [-0.15, -0.1) is 0 Å². The number of carbonyl (C=O) groups is 1. The van der Waals surface area contributed by atoms with E-state index in [4.69, 9.17) is 16.8 Å². The zero-order valence-corrected chi connectivity index (χ0v) is 7.83. The highest BCUT2D eigenvalue weighted by molar-refractivity contribution is 6.63. The fourth-order valence-electron chi connectivity index (χ4n) is 1.23. The van der Waals surface area contributed by atoms with Gasteiger partial charge in [0, 0.05) is 13.1 Å². The molecule has 0 aromatic carbocycles. The minimum atomic E-state index is -0.553. The Hall–Kier alpha value is -0.970. The lowest BCUT2D eigenvalue weighted by Gasteiger charge is -2.24. The molecule has 1 aliphatic rings. The molecule has 0 unspecified atom stereocenters. The van der Waals surface area contributed by atoms with Gasteiger partial charge in [-0.1, -0.05) is 0 Å². The topological polar surface area (TPSA) is 62.1 Å². The van der Waals surface area contributed by atoms with E-state index in [-0.39, 0.29) is 0 Å². The lowest BCUT2D eigenvalue weighted by Crippen LogP contribution is -2.36. The second kappa shape index (κ2) is 4.91. The van der Waals surface area contributed by atoms with Crippen LogP contribution in [0.15, 0.2) is 5.16 Å². The molecule has 0 atom stereocenters. The molecule has 74 valence electrons. The number of halogens is 1. The van der Waals surface area contributed by atoms with Gasteiger partial charge in [0.2, 0.25) is 0 Å². The summed E-state index contributed by atoms with van der Waals surface area (Å²) in [6.07, 6.45) is 2.53. The third-order valence-corrected chi connectivity index (χ3v) is 2.02. The number of amides is 1. The normalized spacial score (nSPS) is 18.5. The van der Waals surface area contributed by atoms with Gasteiger partial charge in [-0.25, -0.2) is 4.79 Å². The van der Waals surface area contributed by atoms with E-state index in [1.807, 2.05) is 0 Å². The van der Waals surface area contributed by atoms with E-state index in [9.17, 15) is 4.79 Å². The Morgan fingerprint density at radius 1 is 1.38 bits per heavy atom. The summed E-state index contributed by atoms with van der Waals surface area (Å²) in [5, 5.41) is 10.1. The van der Waals surface area contributed by atoms with Crippen molar-refractivity contribution in [3.05, 3.63) is 0 Å². The van der Waals surface area contributed by atoms with Gasteiger partial charge in [0.05, 0.1) is 0 Å². The summed E-state index contributed by atoms with van der Waals surface area (Å²) in [4.78, 5) is 12.7. The van der Waals surface area contributed by atoms with Crippen molar-refractivity contribution < 1.29 is 14.7 Å². The van der Waals surface area contributed by atoms with Crippen LogP contribution in [-0.4, -0.2) is 34.6 Å². The maximum Gasteiger partial charge on any atom is 0.417 e. The molecule has 1 aliphatic heterocycles. The van der Waals surface area contributed by atoms with Gasteiger partial charge in [0.1, 0.15) is 0 Å². The van der Waals surface area contributed by atoms with Gasteiger partial charge in [0.25, 0.3) is 0 Å². The summed E-state index contributed by atoms with van der Waals surface area (Å²) in [6.45, 7) is 1.35. The summed E-state index contributed by atoms with van der Waals surface area (Å²) < 4.78 is 4.49. The number of oxime groups is 1. The number of ether oxygens (including phenoxy) is 1. The van der Waals surface area contributed by atoms with Crippen LogP contribution >= 0.6 is 11.6 Å². The molecule has 0 aromatic heterocycles. The summed E-state index contributed by atoms with van der Waals surface area (Å²) in [5.74, 6) is 0. The Labute approximate surface area is 80.9 Å². The molecule has 1 amide bonds. The maximum absolute atomic E-state index is 11.2. The van der Waals surface area contributed by atoms with Gasteiger partial charge in [0.15, 0.2) is 0 Å². The highest BCUT2D eigenvalue weighted by atomic mass is 35.5. The molecule has 13 heavy (non-hydrogen) atoms. The van der Waals surface area contributed by atoms with Gasteiger partial charge in [-0.05, 0) is 36.0 Å². The first kappa shape index (κ1) is 10.1. The molecule has 0 spiro atoms. The predicted molar refractivity (Wildman–Crippen MR) is 47.0 cm³/mol. The van der Waals surface area contributed by atoms with Crippen molar-refractivity contribution >= 4 is 23.1 Å². The minimum absolute atomic E-state index is 0.546. The number of carbonyl (C=O) groups excluding carboxylic acids is 1. The average Bonchev–Trinajstić information content (AvgIpc) is 2.19. The highest BCUT2D eigenvalue weighted by Crippen LogP contribution is 2.10. The first-order valence-electron chi connectivity index (χ1n) is 4.08. The zero-order valence-electron chi connectivity index (χ0n) is 7.07. The van der Waals surface area contributed by atoms with E-state index >= 15 is 0 Å². The fourth-order valence-corrected chi connectivity index (χ4v) is 1.30. The van der Waals surface area contributed by atoms with Crippen molar-refractivity contribution in [3.63, 3.8) is 0 Å². The van der Waals surface area contributed by atoms with Crippen LogP contribution in [0.5, 0.6) is 0 Å². The predicted octanol–water partition coefficient (Wildman–Crippen LogP) is 1.59. The summed E-state index contributed by atoms with van der Waals surface area (Å²) in [5.41, 5.74) is 0. The molecule has 0 radical (unpaired) electrons. The Bertz CT molecular complexity index is 214. The largest absolute Gasteiger partial charge is 0.417 e. The summed E-state index contributed by atoms with van der Waals surface area (Å²) in [6, 6.07) is 0. The van der Waals surface area contributed by atoms with E-state index in [2.05, 4.69) is 9.89 Å². The fraction of sp³-hybridized carbons (Fsp3) is 0.714. The number of nitrogens with zero attached hydrogens (tertiary/aromatic N) is 2. The van der Waals surface area contributed by atoms with Crippen molar-refractivity contribution in [1.82, 2.24) is 4.90 Å². The number of piperidine rings is 1. The standard InChI is InChI=1S/C7H11ClN2O3/c8-6(9-12)13-7(11)10-4-2-1-3-5-10/h12H,1-5H2. The Morgan fingerprint density at radius 2 is 2.00 bits per heavy atom. The summed E-state index contributed by atoms with van der Waals surface area (Å²) >= 11 is 5.21. The minimum Gasteiger partial charge on any atom is -0.407 e. The smallest absolute Gasteiger partial charge is 0.407 e. The molecule has 6 heteroatoms. The van der Waals surface area contributed by atoms with E-state index in [0.717, 1.165) is 19.3 Å². The SMILES string of the molecule is O=C(OC(Cl)=NO)N1CCCCC1.